The van der Waals surface area contributed by atoms with E-state index in [0.29, 0.717) is 11.1 Å². The van der Waals surface area contributed by atoms with Gasteiger partial charge in [-0.05, 0) is 42.8 Å². The molecule has 0 fully saturated rings. The highest BCUT2D eigenvalue weighted by Gasteiger charge is 2.05. The molecule has 20 heavy (non-hydrogen) atoms. The van der Waals surface area contributed by atoms with Crippen LogP contribution in [0, 0.1) is 0 Å². The molecule has 0 aromatic heterocycles. The van der Waals surface area contributed by atoms with Gasteiger partial charge in [-0.3, -0.25) is 4.79 Å². The number of rotatable bonds is 3. The van der Waals surface area contributed by atoms with Crippen molar-refractivity contribution in [3.63, 3.8) is 0 Å². The Morgan fingerprint density at radius 2 is 1.75 bits per heavy atom. The molecule has 0 aliphatic rings. The fourth-order valence-corrected chi connectivity index (χ4v) is 1.70. The lowest BCUT2D eigenvalue weighted by Crippen LogP contribution is -2.12. The molecule has 0 radical (unpaired) electrons. The summed E-state index contributed by atoms with van der Waals surface area (Å²) in [6.07, 6.45) is 1.64. The van der Waals surface area contributed by atoms with Gasteiger partial charge in [0.15, 0.2) is 11.5 Å². The fraction of sp³-hybridized carbons (Fsp3) is 0.0625. The SMILES string of the molecule is C/C(=C\c1ccc(O)c(O)c1)C(=O)Nc1ccccc1. The summed E-state index contributed by atoms with van der Waals surface area (Å²) < 4.78 is 0. The maximum absolute atomic E-state index is 12.0. The Hall–Kier alpha value is -2.75. The van der Waals surface area contributed by atoms with E-state index in [1.807, 2.05) is 18.2 Å². The van der Waals surface area contributed by atoms with Crippen LogP contribution in [0.5, 0.6) is 11.5 Å². The van der Waals surface area contributed by atoms with Crippen molar-refractivity contribution in [1.29, 1.82) is 0 Å². The highest BCUT2D eigenvalue weighted by molar-refractivity contribution is 6.06. The largest absolute Gasteiger partial charge is 0.504 e. The third-order valence-electron chi connectivity index (χ3n) is 2.77. The number of carbonyl (C=O) groups excluding carboxylic acids is 1. The molecule has 0 aliphatic carbocycles. The Balaban J connectivity index is 2.13. The van der Waals surface area contributed by atoms with Gasteiger partial charge in [-0.1, -0.05) is 24.3 Å². The number of para-hydroxylation sites is 1. The summed E-state index contributed by atoms with van der Waals surface area (Å²) in [5.74, 6) is -0.618. The molecule has 2 aromatic carbocycles. The van der Waals surface area contributed by atoms with E-state index in [9.17, 15) is 15.0 Å². The van der Waals surface area contributed by atoms with Gasteiger partial charge in [-0.15, -0.1) is 0 Å². The van der Waals surface area contributed by atoms with Gasteiger partial charge in [0, 0.05) is 11.3 Å². The van der Waals surface area contributed by atoms with Crippen molar-refractivity contribution in [3.05, 3.63) is 59.7 Å². The molecule has 0 unspecified atom stereocenters. The maximum atomic E-state index is 12.0. The van der Waals surface area contributed by atoms with Crippen LogP contribution in [0.25, 0.3) is 6.08 Å². The molecule has 0 spiro atoms. The molecule has 3 N–H and O–H groups in total. The molecule has 0 atom stereocenters. The van der Waals surface area contributed by atoms with E-state index >= 15 is 0 Å². The first-order valence-corrected chi connectivity index (χ1v) is 6.13. The van der Waals surface area contributed by atoms with Crippen molar-refractivity contribution in [2.75, 3.05) is 5.32 Å². The normalized spacial score (nSPS) is 11.2. The van der Waals surface area contributed by atoms with E-state index in [1.54, 1.807) is 31.2 Å². The number of nitrogens with one attached hydrogen (secondary N) is 1. The molecule has 0 bridgehead atoms. The van der Waals surface area contributed by atoms with Gasteiger partial charge in [0.1, 0.15) is 0 Å². The first-order valence-electron chi connectivity index (χ1n) is 6.13. The highest BCUT2D eigenvalue weighted by atomic mass is 16.3. The molecule has 0 saturated heterocycles. The summed E-state index contributed by atoms with van der Waals surface area (Å²) in [7, 11) is 0. The lowest BCUT2D eigenvalue weighted by molar-refractivity contribution is -0.112. The van der Waals surface area contributed by atoms with Crippen LogP contribution in [-0.2, 0) is 4.79 Å². The molecule has 1 amide bonds. The third kappa shape index (κ3) is 3.38. The highest BCUT2D eigenvalue weighted by Crippen LogP contribution is 2.26. The quantitative estimate of drug-likeness (QED) is 0.592. The van der Waals surface area contributed by atoms with E-state index in [0.717, 1.165) is 5.69 Å². The number of benzene rings is 2. The Labute approximate surface area is 117 Å². The van der Waals surface area contributed by atoms with E-state index in [1.165, 1.54) is 12.1 Å². The minimum Gasteiger partial charge on any atom is -0.504 e. The number of phenolic OH excluding ortho intramolecular Hbond substituents is 2. The van der Waals surface area contributed by atoms with E-state index in [2.05, 4.69) is 5.32 Å². The van der Waals surface area contributed by atoms with Crippen LogP contribution >= 0.6 is 0 Å². The number of hydrogen-bond acceptors (Lipinski definition) is 3. The van der Waals surface area contributed by atoms with Gasteiger partial charge < -0.3 is 15.5 Å². The second kappa shape index (κ2) is 5.93. The van der Waals surface area contributed by atoms with Gasteiger partial charge in [0.05, 0.1) is 0 Å². The third-order valence-corrected chi connectivity index (χ3v) is 2.77. The van der Waals surface area contributed by atoms with Crippen LogP contribution in [0.3, 0.4) is 0 Å². The van der Waals surface area contributed by atoms with Crippen LogP contribution in [0.15, 0.2) is 54.1 Å². The maximum Gasteiger partial charge on any atom is 0.251 e. The lowest BCUT2D eigenvalue weighted by atomic mass is 10.1. The van der Waals surface area contributed by atoms with Gasteiger partial charge in [0.25, 0.3) is 5.91 Å². The molecule has 2 rings (SSSR count). The number of anilines is 1. The molecule has 0 saturated carbocycles. The fourth-order valence-electron chi connectivity index (χ4n) is 1.70. The Morgan fingerprint density at radius 1 is 1.05 bits per heavy atom. The van der Waals surface area contributed by atoms with Crippen LogP contribution < -0.4 is 5.32 Å². The summed E-state index contributed by atoms with van der Waals surface area (Å²) in [6.45, 7) is 1.68. The number of amides is 1. The van der Waals surface area contributed by atoms with Crippen molar-refractivity contribution < 1.29 is 15.0 Å². The van der Waals surface area contributed by atoms with Gasteiger partial charge >= 0.3 is 0 Å². The number of aromatic hydroxyl groups is 2. The molecule has 0 heterocycles. The van der Waals surface area contributed by atoms with Gasteiger partial charge in [-0.25, -0.2) is 0 Å². The minimum absolute atomic E-state index is 0.187. The van der Waals surface area contributed by atoms with Crippen molar-refractivity contribution >= 4 is 17.7 Å². The van der Waals surface area contributed by atoms with Gasteiger partial charge in [-0.2, -0.15) is 0 Å². The van der Waals surface area contributed by atoms with Crippen LogP contribution in [0.1, 0.15) is 12.5 Å². The minimum atomic E-state index is -0.219. The van der Waals surface area contributed by atoms with E-state index in [-0.39, 0.29) is 17.4 Å². The Morgan fingerprint density at radius 3 is 2.40 bits per heavy atom. The smallest absolute Gasteiger partial charge is 0.251 e. The molecule has 4 heteroatoms. The van der Waals surface area contributed by atoms with Gasteiger partial charge in [0.2, 0.25) is 0 Å². The predicted molar refractivity (Wildman–Crippen MR) is 78.5 cm³/mol. The molecule has 0 aliphatic heterocycles. The summed E-state index contributed by atoms with van der Waals surface area (Å²) >= 11 is 0. The zero-order valence-corrected chi connectivity index (χ0v) is 11.0. The molecular formula is C16H15NO3. The van der Waals surface area contributed by atoms with Crippen molar-refractivity contribution in [2.45, 2.75) is 6.92 Å². The molecular weight excluding hydrogens is 254 g/mol. The van der Waals surface area contributed by atoms with Crippen molar-refractivity contribution in [1.82, 2.24) is 0 Å². The molecule has 2 aromatic rings. The van der Waals surface area contributed by atoms with Crippen LogP contribution in [-0.4, -0.2) is 16.1 Å². The van der Waals surface area contributed by atoms with Crippen LogP contribution in [0.4, 0.5) is 5.69 Å². The molecule has 4 nitrogen and oxygen atoms in total. The zero-order chi connectivity index (χ0) is 14.5. The average molecular weight is 269 g/mol. The summed E-state index contributed by atoms with van der Waals surface area (Å²) in [5, 5.41) is 21.4. The second-order valence-electron chi connectivity index (χ2n) is 4.40. The molecule has 102 valence electrons. The monoisotopic (exact) mass is 269 g/mol. The van der Waals surface area contributed by atoms with E-state index < -0.39 is 0 Å². The Bertz CT molecular complexity index is 648. The first-order chi connectivity index (χ1) is 9.56. The van der Waals surface area contributed by atoms with Crippen LogP contribution in [0.2, 0.25) is 0 Å². The first kappa shape index (κ1) is 13.7. The summed E-state index contributed by atoms with van der Waals surface area (Å²) in [6, 6.07) is 13.6. The number of hydrogen-bond donors (Lipinski definition) is 3. The standard InChI is InChI=1S/C16H15NO3/c1-11(9-12-7-8-14(18)15(19)10-12)16(20)17-13-5-3-2-4-6-13/h2-10,18-19H,1H3,(H,17,20)/b11-9+. The number of carbonyl (C=O) groups is 1. The topological polar surface area (TPSA) is 69.6 Å². The second-order valence-corrected chi connectivity index (χ2v) is 4.40. The Kier molecular flexibility index (Phi) is 4.05. The van der Waals surface area contributed by atoms with Crippen molar-refractivity contribution in [3.8, 4) is 11.5 Å². The summed E-state index contributed by atoms with van der Waals surface area (Å²) in [4.78, 5) is 12.0. The predicted octanol–water partition coefficient (Wildman–Crippen LogP) is 3.14. The number of phenols is 2. The van der Waals surface area contributed by atoms with Crippen molar-refractivity contribution in [2.24, 2.45) is 0 Å². The average Bonchev–Trinajstić information content (AvgIpc) is 2.44. The zero-order valence-electron chi connectivity index (χ0n) is 11.0. The summed E-state index contributed by atoms with van der Waals surface area (Å²) in [5.41, 5.74) is 1.86. The van der Waals surface area contributed by atoms with E-state index in [4.69, 9.17) is 0 Å². The lowest BCUT2D eigenvalue weighted by Gasteiger charge is -2.05.